The van der Waals surface area contributed by atoms with Crippen LogP contribution in [0, 0.1) is 0 Å². The highest BCUT2D eigenvalue weighted by Crippen LogP contribution is 2.19. The van der Waals surface area contributed by atoms with E-state index < -0.39 is 18.4 Å². The number of esters is 1. The molecule has 3 aromatic rings. The molecule has 0 bridgehead atoms. The summed E-state index contributed by atoms with van der Waals surface area (Å²) >= 11 is 3.08. The number of fused-ring (bicyclic) bond motifs is 1. The molecule has 0 saturated carbocycles. The lowest BCUT2D eigenvalue weighted by atomic mass is 10.2. The number of carbonyl (C=O) groups is 2. The Labute approximate surface area is 127 Å². The largest absolute Gasteiger partial charge is 0.453 e. The molecule has 0 aliphatic rings. The summed E-state index contributed by atoms with van der Waals surface area (Å²) in [7, 11) is 0. The van der Waals surface area contributed by atoms with E-state index in [2.05, 4.69) is 15.9 Å². The summed E-state index contributed by atoms with van der Waals surface area (Å²) in [5, 5.41) is 0.821. The molecule has 6 heteroatoms. The molecule has 0 N–H and O–H groups in total. The maximum absolute atomic E-state index is 11.9. The Morgan fingerprint density at radius 3 is 2.57 bits per heavy atom. The second-order valence-electron chi connectivity index (χ2n) is 4.25. The number of furan rings is 2. The van der Waals surface area contributed by atoms with Crippen molar-refractivity contribution in [1.82, 2.24) is 0 Å². The fourth-order valence-corrected chi connectivity index (χ4v) is 2.12. The lowest BCUT2D eigenvalue weighted by molar-refractivity contribution is 0.0437. The highest BCUT2D eigenvalue weighted by Gasteiger charge is 2.17. The number of ether oxygens (including phenoxy) is 1. The normalized spacial score (nSPS) is 10.7. The van der Waals surface area contributed by atoms with E-state index in [-0.39, 0.29) is 11.5 Å². The molecule has 0 radical (unpaired) electrons. The topological polar surface area (TPSA) is 69.7 Å². The molecule has 1 aromatic carbocycles. The maximum Gasteiger partial charge on any atom is 0.374 e. The van der Waals surface area contributed by atoms with Gasteiger partial charge in [0.1, 0.15) is 5.58 Å². The third kappa shape index (κ3) is 2.90. The maximum atomic E-state index is 11.9. The average molecular weight is 349 g/mol. The van der Waals surface area contributed by atoms with Crippen LogP contribution < -0.4 is 0 Å². The van der Waals surface area contributed by atoms with E-state index in [9.17, 15) is 9.59 Å². The van der Waals surface area contributed by atoms with Crippen LogP contribution in [0.15, 0.2) is 56.0 Å². The van der Waals surface area contributed by atoms with Gasteiger partial charge in [-0.25, -0.2) is 4.79 Å². The number of halogens is 1. The van der Waals surface area contributed by atoms with Crippen molar-refractivity contribution in [2.75, 3.05) is 6.61 Å². The number of benzene rings is 1. The lowest BCUT2D eigenvalue weighted by Gasteiger charge is -2.00. The van der Waals surface area contributed by atoms with Gasteiger partial charge in [0.25, 0.3) is 0 Å². The van der Waals surface area contributed by atoms with E-state index in [0.29, 0.717) is 10.3 Å². The van der Waals surface area contributed by atoms with Crippen molar-refractivity contribution < 1.29 is 23.2 Å². The Hall–Kier alpha value is -2.34. The van der Waals surface area contributed by atoms with Gasteiger partial charge in [-0.3, -0.25) is 4.79 Å². The van der Waals surface area contributed by atoms with Crippen molar-refractivity contribution in [3.63, 3.8) is 0 Å². The molecule has 3 rings (SSSR count). The zero-order valence-corrected chi connectivity index (χ0v) is 12.3. The molecule has 0 saturated heterocycles. The van der Waals surface area contributed by atoms with Crippen LogP contribution in [0.1, 0.15) is 21.1 Å². The molecule has 5 nitrogen and oxygen atoms in total. The van der Waals surface area contributed by atoms with Crippen LogP contribution >= 0.6 is 15.9 Å². The van der Waals surface area contributed by atoms with Gasteiger partial charge in [0.2, 0.25) is 11.5 Å². The quantitative estimate of drug-likeness (QED) is 0.529. The molecule has 0 aliphatic carbocycles. The minimum Gasteiger partial charge on any atom is -0.453 e. The number of Topliss-reactive ketones (excluding diaryl/α,β-unsaturated/α-hetero) is 1. The Kier molecular flexibility index (Phi) is 3.62. The van der Waals surface area contributed by atoms with E-state index in [4.69, 9.17) is 13.6 Å². The molecule has 21 heavy (non-hydrogen) atoms. The summed E-state index contributed by atoms with van der Waals surface area (Å²) in [6.07, 6.45) is 0. The molecule has 0 aliphatic heterocycles. The second-order valence-corrected chi connectivity index (χ2v) is 5.03. The molecular weight excluding hydrogens is 340 g/mol. The zero-order valence-electron chi connectivity index (χ0n) is 10.7. The van der Waals surface area contributed by atoms with Crippen LogP contribution in [0.5, 0.6) is 0 Å². The van der Waals surface area contributed by atoms with Crippen LogP contribution in [0.4, 0.5) is 0 Å². The predicted molar refractivity (Wildman–Crippen MR) is 77.2 cm³/mol. The van der Waals surface area contributed by atoms with E-state index >= 15 is 0 Å². The molecule has 0 spiro atoms. The van der Waals surface area contributed by atoms with Crippen molar-refractivity contribution in [3.8, 4) is 0 Å². The zero-order chi connectivity index (χ0) is 14.8. The number of ketones is 1. The van der Waals surface area contributed by atoms with Gasteiger partial charge in [0.15, 0.2) is 17.0 Å². The molecule has 2 aromatic heterocycles. The van der Waals surface area contributed by atoms with Gasteiger partial charge in [0.05, 0.1) is 0 Å². The first-order valence-corrected chi connectivity index (χ1v) is 6.87. The second kappa shape index (κ2) is 5.57. The number of rotatable bonds is 4. The first-order valence-electron chi connectivity index (χ1n) is 6.08. The molecule has 106 valence electrons. The van der Waals surface area contributed by atoms with Crippen molar-refractivity contribution in [3.05, 3.63) is 58.7 Å². The van der Waals surface area contributed by atoms with Crippen LogP contribution in [-0.2, 0) is 4.74 Å². The summed E-state index contributed by atoms with van der Waals surface area (Å²) in [5.74, 6) is -0.931. The van der Waals surface area contributed by atoms with Crippen molar-refractivity contribution in [2.24, 2.45) is 0 Å². The number of para-hydroxylation sites is 1. The van der Waals surface area contributed by atoms with Gasteiger partial charge in [0, 0.05) is 5.39 Å². The first kappa shape index (κ1) is 13.6. The SMILES string of the molecule is O=C(COC(=O)c1ccc(Br)o1)c1cc2ccccc2o1. The Bertz CT molecular complexity index is 781. The van der Waals surface area contributed by atoms with Crippen LogP contribution in [0.3, 0.4) is 0 Å². The number of hydrogen-bond donors (Lipinski definition) is 0. The van der Waals surface area contributed by atoms with E-state index in [1.807, 2.05) is 18.2 Å². The van der Waals surface area contributed by atoms with Gasteiger partial charge in [-0.15, -0.1) is 0 Å². The third-order valence-electron chi connectivity index (χ3n) is 2.81. The Morgan fingerprint density at radius 1 is 1.05 bits per heavy atom. The summed E-state index contributed by atoms with van der Waals surface area (Å²) in [6.45, 7) is -0.406. The first-order chi connectivity index (χ1) is 10.1. The summed E-state index contributed by atoms with van der Waals surface area (Å²) in [5.41, 5.74) is 0.613. The van der Waals surface area contributed by atoms with E-state index in [1.54, 1.807) is 18.2 Å². The Balaban J connectivity index is 1.67. The molecular formula is C15H9BrO5. The van der Waals surface area contributed by atoms with E-state index in [0.717, 1.165) is 5.39 Å². The fourth-order valence-electron chi connectivity index (χ4n) is 1.82. The van der Waals surface area contributed by atoms with Gasteiger partial charge < -0.3 is 13.6 Å². The minimum absolute atomic E-state index is 0.0271. The average Bonchev–Trinajstić information content (AvgIpc) is 3.10. The van der Waals surface area contributed by atoms with Crippen molar-refractivity contribution >= 4 is 38.7 Å². The molecule has 0 amide bonds. The number of carbonyl (C=O) groups excluding carboxylic acids is 2. The third-order valence-corrected chi connectivity index (χ3v) is 3.24. The summed E-state index contributed by atoms with van der Waals surface area (Å²) in [6, 6.07) is 11.9. The van der Waals surface area contributed by atoms with Gasteiger partial charge >= 0.3 is 5.97 Å². The molecule has 0 fully saturated rings. The summed E-state index contributed by atoms with van der Waals surface area (Å²) in [4.78, 5) is 23.6. The lowest BCUT2D eigenvalue weighted by Crippen LogP contribution is -2.13. The van der Waals surface area contributed by atoms with Crippen LogP contribution in [0.25, 0.3) is 11.0 Å². The number of hydrogen-bond acceptors (Lipinski definition) is 5. The van der Waals surface area contributed by atoms with Gasteiger partial charge in [-0.05, 0) is 40.2 Å². The van der Waals surface area contributed by atoms with Crippen LogP contribution in [0.2, 0.25) is 0 Å². The predicted octanol–water partition coefficient (Wildman–Crippen LogP) is 3.83. The fraction of sp³-hybridized carbons (Fsp3) is 0.0667. The highest BCUT2D eigenvalue weighted by atomic mass is 79.9. The standard InChI is InChI=1S/C15H9BrO5/c16-14-6-5-12(21-14)15(18)19-8-10(17)13-7-9-3-1-2-4-11(9)20-13/h1-7H,8H2. The molecule has 0 unspecified atom stereocenters. The van der Waals surface area contributed by atoms with Gasteiger partial charge in [-0.2, -0.15) is 0 Å². The monoisotopic (exact) mass is 348 g/mol. The Morgan fingerprint density at radius 2 is 1.86 bits per heavy atom. The van der Waals surface area contributed by atoms with Crippen LogP contribution in [-0.4, -0.2) is 18.4 Å². The summed E-state index contributed by atoms with van der Waals surface area (Å²) < 4.78 is 15.7. The smallest absolute Gasteiger partial charge is 0.374 e. The van der Waals surface area contributed by atoms with Crippen molar-refractivity contribution in [2.45, 2.75) is 0 Å². The molecule has 2 heterocycles. The minimum atomic E-state index is -0.704. The van der Waals surface area contributed by atoms with Crippen molar-refractivity contribution in [1.29, 1.82) is 0 Å². The van der Waals surface area contributed by atoms with E-state index in [1.165, 1.54) is 6.07 Å². The highest BCUT2D eigenvalue weighted by molar-refractivity contribution is 9.10. The van der Waals surface area contributed by atoms with Gasteiger partial charge in [-0.1, -0.05) is 18.2 Å². The molecule has 0 atom stereocenters.